The molecule has 1 atom stereocenters. The topological polar surface area (TPSA) is 101 Å². The molecule has 1 N–H and O–H groups in total. The SMILES string of the molecule is O=C(C[C@]1(O)C(=O)N(CCc2ccccc2)c2ccc(Br)cc21)c1cccc([N+](=O)[O-])c1. The van der Waals surface area contributed by atoms with E-state index in [2.05, 4.69) is 15.9 Å². The van der Waals surface area contributed by atoms with Crippen LogP contribution in [0.4, 0.5) is 11.4 Å². The molecule has 3 aromatic carbocycles. The Hall–Kier alpha value is -3.36. The summed E-state index contributed by atoms with van der Waals surface area (Å²) in [4.78, 5) is 38.3. The summed E-state index contributed by atoms with van der Waals surface area (Å²) >= 11 is 3.37. The van der Waals surface area contributed by atoms with Crippen molar-refractivity contribution >= 4 is 39.0 Å². The third kappa shape index (κ3) is 4.06. The zero-order valence-corrected chi connectivity index (χ0v) is 18.5. The van der Waals surface area contributed by atoms with E-state index in [-0.39, 0.29) is 11.3 Å². The second-order valence-electron chi connectivity index (χ2n) is 7.62. The zero-order chi connectivity index (χ0) is 22.9. The van der Waals surface area contributed by atoms with E-state index in [0.29, 0.717) is 28.7 Å². The van der Waals surface area contributed by atoms with Crippen LogP contribution < -0.4 is 4.90 Å². The quantitative estimate of drug-likeness (QED) is 0.297. The number of ketones is 1. The minimum atomic E-state index is -2.06. The number of aliphatic hydroxyl groups is 1. The van der Waals surface area contributed by atoms with Crippen LogP contribution in [0.2, 0.25) is 0 Å². The highest BCUT2D eigenvalue weighted by Gasteiger charge is 2.50. The van der Waals surface area contributed by atoms with Gasteiger partial charge in [0.15, 0.2) is 11.4 Å². The number of anilines is 1. The van der Waals surface area contributed by atoms with Crippen LogP contribution in [0.3, 0.4) is 0 Å². The molecule has 162 valence electrons. The lowest BCUT2D eigenvalue weighted by Crippen LogP contribution is -2.42. The van der Waals surface area contributed by atoms with Crippen molar-refractivity contribution in [2.45, 2.75) is 18.4 Å². The molecule has 0 aliphatic carbocycles. The van der Waals surface area contributed by atoms with E-state index >= 15 is 0 Å². The smallest absolute Gasteiger partial charge is 0.270 e. The summed E-state index contributed by atoms with van der Waals surface area (Å²) in [6.07, 6.45) is 0.0648. The van der Waals surface area contributed by atoms with E-state index in [0.717, 1.165) is 11.6 Å². The highest BCUT2D eigenvalue weighted by molar-refractivity contribution is 9.10. The molecule has 8 heteroatoms. The summed E-state index contributed by atoms with van der Waals surface area (Å²) in [6, 6.07) is 20.1. The standard InChI is InChI=1S/C24H19BrN2O5/c25-18-9-10-21-20(14-18)24(30,15-22(28)17-7-4-8-19(13-17)27(31)32)23(29)26(21)12-11-16-5-2-1-3-6-16/h1-10,13-14,30H,11-12,15H2/t24-/m1/s1. The molecule has 1 aliphatic heterocycles. The molecule has 32 heavy (non-hydrogen) atoms. The molecule has 0 unspecified atom stereocenters. The fourth-order valence-electron chi connectivity index (χ4n) is 3.93. The Labute approximate surface area is 192 Å². The van der Waals surface area contributed by atoms with Crippen molar-refractivity contribution in [3.05, 3.63) is 104 Å². The van der Waals surface area contributed by atoms with Gasteiger partial charge in [-0.15, -0.1) is 0 Å². The van der Waals surface area contributed by atoms with E-state index in [9.17, 15) is 24.8 Å². The largest absolute Gasteiger partial charge is 0.375 e. The number of carbonyl (C=O) groups is 2. The lowest BCUT2D eigenvalue weighted by Gasteiger charge is -2.23. The molecule has 3 aromatic rings. The summed E-state index contributed by atoms with van der Waals surface area (Å²) in [6.45, 7) is 0.338. The van der Waals surface area contributed by atoms with Crippen molar-refractivity contribution in [1.29, 1.82) is 0 Å². The van der Waals surface area contributed by atoms with Crippen LogP contribution in [0, 0.1) is 10.1 Å². The number of amides is 1. The molecule has 0 radical (unpaired) electrons. The number of rotatable bonds is 7. The number of hydrogen-bond acceptors (Lipinski definition) is 5. The van der Waals surface area contributed by atoms with Crippen molar-refractivity contribution < 1.29 is 19.6 Å². The number of fused-ring (bicyclic) bond motifs is 1. The van der Waals surface area contributed by atoms with Gasteiger partial charge in [0.1, 0.15) is 0 Å². The maximum Gasteiger partial charge on any atom is 0.270 e. The van der Waals surface area contributed by atoms with Gasteiger partial charge in [0, 0.05) is 34.3 Å². The van der Waals surface area contributed by atoms with Gasteiger partial charge in [0.05, 0.1) is 17.0 Å². The van der Waals surface area contributed by atoms with Gasteiger partial charge in [-0.2, -0.15) is 0 Å². The van der Waals surface area contributed by atoms with Gasteiger partial charge in [0.25, 0.3) is 11.6 Å². The summed E-state index contributed by atoms with van der Waals surface area (Å²) < 4.78 is 0.662. The maximum absolute atomic E-state index is 13.4. The molecular formula is C24H19BrN2O5. The van der Waals surface area contributed by atoms with Crippen LogP contribution >= 0.6 is 15.9 Å². The van der Waals surface area contributed by atoms with Gasteiger partial charge in [-0.05, 0) is 30.2 Å². The molecule has 0 saturated carbocycles. The summed E-state index contributed by atoms with van der Waals surface area (Å²) in [5, 5.41) is 22.5. The van der Waals surface area contributed by atoms with Gasteiger partial charge in [-0.3, -0.25) is 19.7 Å². The Morgan fingerprint density at radius 2 is 1.81 bits per heavy atom. The van der Waals surface area contributed by atoms with Crippen LogP contribution in [0.5, 0.6) is 0 Å². The van der Waals surface area contributed by atoms with E-state index < -0.39 is 28.6 Å². The molecule has 0 aromatic heterocycles. The van der Waals surface area contributed by atoms with Gasteiger partial charge in [0.2, 0.25) is 0 Å². The fraction of sp³-hybridized carbons (Fsp3) is 0.167. The highest BCUT2D eigenvalue weighted by Crippen LogP contribution is 2.44. The monoisotopic (exact) mass is 494 g/mol. The molecule has 7 nitrogen and oxygen atoms in total. The third-order valence-electron chi connectivity index (χ3n) is 5.56. The molecule has 1 amide bonds. The minimum Gasteiger partial charge on any atom is -0.375 e. The number of nitro groups is 1. The van der Waals surface area contributed by atoms with E-state index in [4.69, 9.17) is 0 Å². The average Bonchev–Trinajstić information content (AvgIpc) is 2.99. The first kappa shape index (κ1) is 21.9. The van der Waals surface area contributed by atoms with Crippen LogP contribution in [-0.4, -0.2) is 28.3 Å². The Morgan fingerprint density at radius 1 is 1.06 bits per heavy atom. The van der Waals surface area contributed by atoms with Crippen molar-refractivity contribution in [3.8, 4) is 0 Å². The minimum absolute atomic E-state index is 0.0692. The molecule has 0 saturated heterocycles. The second kappa shape index (κ2) is 8.64. The van der Waals surface area contributed by atoms with Gasteiger partial charge >= 0.3 is 0 Å². The number of benzene rings is 3. The Bertz CT molecular complexity index is 1210. The predicted octanol–water partition coefficient (Wildman–Crippen LogP) is 4.41. The number of nitrogens with zero attached hydrogens (tertiary/aromatic N) is 2. The molecule has 0 bridgehead atoms. The van der Waals surface area contributed by atoms with Crippen molar-refractivity contribution in [3.63, 3.8) is 0 Å². The van der Waals surface area contributed by atoms with Gasteiger partial charge in [-0.1, -0.05) is 58.4 Å². The Balaban J connectivity index is 1.64. The Morgan fingerprint density at radius 3 is 2.53 bits per heavy atom. The number of non-ortho nitro benzene ring substituents is 1. The normalized spacial score (nSPS) is 17.3. The first-order chi connectivity index (χ1) is 15.3. The Kier molecular flexibility index (Phi) is 5.90. The number of Topliss-reactive ketones (excluding diaryl/α,β-unsaturated/α-hetero) is 1. The van der Waals surface area contributed by atoms with E-state index in [1.165, 1.54) is 23.1 Å². The average molecular weight is 495 g/mol. The molecule has 4 rings (SSSR count). The van der Waals surface area contributed by atoms with Gasteiger partial charge < -0.3 is 10.0 Å². The molecule has 0 spiro atoms. The lowest BCUT2D eigenvalue weighted by molar-refractivity contribution is -0.384. The molecule has 1 heterocycles. The zero-order valence-electron chi connectivity index (χ0n) is 16.9. The summed E-state index contributed by atoms with van der Waals surface area (Å²) in [5.74, 6) is -1.14. The third-order valence-corrected chi connectivity index (χ3v) is 6.05. The summed E-state index contributed by atoms with van der Waals surface area (Å²) in [5.41, 5.74) is -0.292. The first-order valence-corrected chi connectivity index (χ1v) is 10.7. The lowest BCUT2D eigenvalue weighted by atomic mass is 9.88. The van der Waals surface area contributed by atoms with Crippen molar-refractivity contribution in [1.82, 2.24) is 0 Å². The highest BCUT2D eigenvalue weighted by atomic mass is 79.9. The van der Waals surface area contributed by atoms with E-state index in [1.807, 2.05) is 30.3 Å². The van der Waals surface area contributed by atoms with E-state index in [1.54, 1.807) is 18.2 Å². The number of nitro benzene ring substituents is 1. The van der Waals surface area contributed by atoms with Crippen LogP contribution in [0.1, 0.15) is 27.9 Å². The molecular weight excluding hydrogens is 476 g/mol. The second-order valence-corrected chi connectivity index (χ2v) is 8.54. The van der Waals surface area contributed by atoms with Crippen LogP contribution in [0.25, 0.3) is 0 Å². The number of halogens is 1. The van der Waals surface area contributed by atoms with Crippen molar-refractivity contribution in [2.24, 2.45) is 0 Å². The summed E-state index contributed by atoms with van der Waals surface area (Å²) in [7, 11) is 0. The van der Waals surface area contributed by atoms with Gasteiger partial charge in [-0.25, -0.2) is 0 Å². The predicted molar refractivity (Wildman–Crippen MR) is 123 cm³/mol. The fourth-order valence-corrected chi connectivity index (χ4v) is 4.29. The van der Waals surface area contributed by atoms with Crippen molar-refractivity contribution in [2.75, 3.05) is 11.4 Å². The first-order valence-electron chi connectivity index (χ1n) is 9.95. The maximum atomic E-state index is 13.4. The number of hydrogen-bond donors (Lipinski definition) is 1. The molecule has 0 fully saturated rings. The number of carbonyl (C=O) groups excluding carboxylic acids is 2. The van der Waals surface area contributed by atoms with Crippen LogP contribution in [0.15, 0.2) is 77.3 Å². The molecule has 1 aliphatic rings. The van der Waals surface area contributed by atoms with Crippen LogP contribution in [-0.2, 0) is 16.8 Å².